The fourth-order valence-corrected chi connectivity index (χ4v) is 17.6. The third-order valence-corrected chi connectivity index (χ3v) is 19.1. The van der Waals surface area contributed by atoms with Crippen molar-refractivity contribution in [2.75, 3.05) is 0 Å². The van der Waals surface area contributed by atoms with Gasteiger partial charge in [-0.1, -0.05) is 41.5 Å². The van der Waals surface area contributed by atoms with E-state index < -0.39 is 116 Å². The molecule has 312 valence electrons. The average molecular weight is 785 g/mol. The Hall–Kier alpha value is -1.96. The molecule has 0 aromatic heterocycles. The lowest BCUT2D eigenvalue weighted by Gasteiger charge is -2.68. The van der Waals surface area contributed by atoms with Gasteiger partial charge < -0.3 is 39.7 Å². The molecule has 2 spiro atoms. The van der Waals surface area contributed by atoms with Crippen LogP contribution in [0.2, 0.25) is 0 Å². The highest BCUT2D eigenvalue weighted by Gasteiger charge is 2.84. The third-order valence-electron chi connectivity index (χ3n) is 19.1. The van der Waals surface area contributed by atoms with Gasteiger partial charge in [-0.25, -0.2) is 0 Å². The van der Waals surface area contributed by atoms with Crippen LogP contribution < -0.4 is 0 Å². The summed E-state index contributed by atoms with van der Waals surface area (Å²) < 4.78 is 18.9. The number of hydrogen-bond acceptors (Lipinski definition) is 12. The summed E-state index contributed by atoms with van der Waals surface area (Å²) in [4.78, 5) is 55.9. The van der Waals surface area contributed by atoms with Crippen molar-refractivity contribution in [2.45, 2.75) is 174 Å². The van der Waals surface area contributed by atoms with Gasteiger partial charge in [-0.3, -0.25) is 19.2 Å². The molecule has 8 saturated carbocycles. The number of carbonyl (C=O) groups is 4. The van der Waals surface area contributed by atoms with Crippen molar-refractivity contribution in [1.82, 2.24) is 0 Å². The van der Waals surface area contributed by atoms with Crippen molar-refractivity contribution in [3.05, 3.63) is 0 Å². The summed E-state index contributed by atoms with van der Waals surface area (Å²) >= 11 is 0. The van der Waals surface area contributed by atoms with Crippen molar-refractivity contribution in [3.63, 3.8) is 0 Å². The lowest BCUT2D eigenvalue weighted by molar-refractivity contribution is -0.291. The number of ether oxygens (including phenoxy) is 3. The Morgan fingerprint density at radius 1 is 0.714 bits per heavy atom. The van der Waals surface area contributed by atoms with Gasteiger partial charge in [0.2, 0.25) is 0 Å². The average Bonchev–Trinajstić information content (AvgIpc) is 3.57. The zero-order valence-electron chi connectivity index (χ0n) is 34.3. The molecule has 0 aromatic rings. The zero-order valence-corrected chi connectivity index (χ0v) is 34.3. The second-order valence-electron chi connectivity index (χ2n) is 22.1. The van der Waals surface area contributed by atoms with Crippen molar-refractivity contribution in [2.24, 2.45) is 73.9 Å². The predicted molar refractivity (Wildman–Crippen MR) is 198 cm³/mol. The van der Waals surface area contributed by atoms with Crippen LogP contribution >= 0.6 is 0 Å². The van der Waals surface area contributed by atoms with Gasteiger partial charge in [0.25, 0.3) is 0 Å². The van der Waals surface area contributed by atoms with Gasteiger partial charge in [0.15, 0.2) is 5.78 Å². The van der Waals surface area contributed by atoms with E-state index in [0.29, 0.717) is 57.8 Å². The highest BCUT2D eigenvalue weighted by molar-refractivity contribution is 5.98. The predicted octanol–water partition coefficient (Wildman–Crippen LogP) is 3.29. The molecule has 2 saturated heterocycles. The van der Waals surface area contributed by atoms with Gasteiger partial charge in [0.05, 0.1) is 35.2 Å². The number of ketones is 2. The van der Waals surface area contributed by atoms with Crippen molar-refractivity contribution in [1.29, 1.82) is 0 Å². The van der Waals surface area contributed by atoms with E-state index in [2.05, 4.69) is 6.92 Å². The molecule has 0 aromatic carbocycles. The number of carbonyl (C=O) groups excluding carboxylic acids is 4. The number of aliphatic hydroxyl groups excluding tert-OH is 5. The molecule has 12 nitrogen and oxygen atoms in total. The molecule has 2 aliphatic heterocycles. The molecule has 2 heterocycles. The van der Waals surface area contributed by atoms with E-state index in [0.717, 1.165) is 0 Å². The van der Waals surface area contributed by atoms with Crippen LogP contribution in [0.5, 0.6) is 0 Å². The number of hydrogen-bond donors (Lipinski definition) is 5. The second kappa shape index (κ2) is 11.9. The van der Waals surface area contributed by atoms with Crippen LogP contribution in [0.4, 0.5) is 0 Å². The summed E-state index contributed by atoms with van der Waals surface area (Å²) in [5.74, 6) is -4.34. The maximum Gasteiger partial charge on any atom is 0.303 e. The number of esters is 2. The van der Waals surface area contributed by atoms with Crippen LogP contribution in [0.15, 0.2) is 0 Å². The van der Waals surface area contributed by atoms with Crippen LogP contribution in [0.3, 0.4) is 0 Å². The molecule has 8 aliphatic carbocycles. The maximum atomic E-state index is 15.4. The zero-order chi connectivity index (χ0) is 40.7. The Bertz CT molecular complexity index is 1740. The van der Waals surface area contributed by atoms with Gasteiger partial charge in [0.1, 0.15) is 35.8 Å². The summed E-state index contributed by atoms with van der Waals surface area (Å²) in [7, 11) is 0. The smallest absolute Gasteiger partial charge is 0.303 e. The number of Topliss-reactive ketones (excluding diaryl/α,β-unsaturated/α-hetero) is 2. The first-order valence-electron chi connectivity index (χ1n) is 21.5. The summed E-state index contributed by atoms with van der Waals surface area (Å²) in [6, 6.07) is 0. The molecular formula is C44H64O12. The van der Waals surface area contributed by atoms with Crippen molar-refractivity contribution in [3.8, 4) is 0 Å². The van der Waals surface area contributed by atoms with Gasteiger partial charge in [0, 0.05) is 43.4 Å². The highest BCUT2D eigenvalue weighted by Crippen LogP contribution is 2.77. The van der Waals surface area contributed by atoms with Crippen LogP contribution in [0.1, 0.15) is 120 Å². The highest BCUT2D eigenvalue weighted by atomic mass is 16.6. The molecule has 10 aliphatic rings. The molecule has 10 fully saturated rings. The molecule has 20 atom stereocenters. The van der Waals surface area contributed by atoms with Crippen LogP contribution in [-0.2, 0) is 33.4 Å². The van der Waals surface area contributed by atoms with Crippen LogP contribution in [0.25, 0.3) is 0 Å². The Morgan fingerprint density at radius 2 is 1.23 bits per heavy atom. The largest absolute Gasteiger partial charge is 0.459 e. The van der Waals surface area contributed by atoms with Crippen LogP contribution in [-0.4, -0.2) is 103 Å². The van der Waals surface area contributed by atoms with Gasteiger partial charge in [-0.2, -0.15) is 0 Å². The molecule has 0 radical (unpaired) electrons. The first-order chi connectivity index (χ1) is 26.0. The first kappa shape index (κ1) is 39.5. The molecular weight excluding hydrogens is 720 g/mol. The summed E-state index contributed by atoms with van der Waals surface area (Å²) in [6.45, 7) is 14.5. The van der Waals surface area contributed by atoms with E-state index in [1.54, 1.807) is 0 Å². The fraction of sp³-hybridized carbons (Fsp3) is 0.909. The fourth-order valence-electron chi connectivity index (χ4n) is 17.6. The molecule has 0 amide bonds. The lowest BCUT2D eigenvalue weighted by Crippen LogP contribution is -2.75. The van der Waals surface area contributed by atoms with Gasteiger partial charge in [-0.05, 0) is 97.7 Å². The Labute approximate surface area is 329 Å². The van der Waals surface area contributed by atoms with E-state index in [9.17, 15) is 35.1 Å². The van der Waals surface area contributed by atoms with E-state index >= 15 is 9.59 Å². The minimum Gasteiger partial charge on any atom is -0.459 e. The normalized spacial score (nSPS) is 56.8. The quantitative estimate of drug-likeness (QED) is 0.256. The van der Waals surface area contributed by atoms with Crippen molar-refractivity contribution >= 4 is 23.5 Å². The van der Waals surface area contributed by atoms with Gasteiger partial charge >= 0.3 is 11.9 Å². The third kappa shape index (κ3) is 4.42. The number of rotatable bonds is 5. The molecule has 12 heteroatoms. The Morgan fingerprint density at radius 3 is 1.77 bits per heavy atom. The number of fused-ring (bicyclic) bond motifs is 4. The summed E-state index contributed by atoms with van der Waals surface area (Å²) in [5.41, 5.74) is -6.57. The number of aliphatic hydroxyl groups is 5. The molecule has 10 rings (SSSR count). The molecule has 20 unspecified atom stereocenters. The SMILES string of the molecule is CC(=O)OC1C2C(C)(C)C(O)CCC2(C)C2C(O)CC3CC2(C(=O)C3CCC23OC4CC2CC2(C3=O)C(O)C(OC(C)=O)C3C(C)(C)C(O)CCC3(C)C42)C1O. The topological polar surface area (TPSA) is 197 Å². The van der Waals surface area contributed by atoms with Crippen molar-refractivity contribution < 1.29 is 58.9 Å². The van der Waals surface area contributed by atoms with E-state index in [1.807, 2.05) is 34.6 Å². The second-order valence-corrected chi connectivity index (χ2v) is 22.1. The minimum atomic E-state index is -1.38. The minimum absolute atomic E-state index is 0.152. The molecule has 56 heavy (non-hydrogen) atoms. The van der Waals surface area contributed by atoms with Gasteiger partial charge in [-0.15, -0.1) is 0 Å². The standard InChI is InChI=1S/C44H64O12/c1-19(45)54-28-32-38(3,4)26(48)10-12-40(32,7)30-24(47)15-21-17-42(30,35(28)51)34(50)23(21)9-14-44-22-16-25(56-44)31-41(8)13-11-27(49)39(5,6)33(41)29(55-20(2)46)36(52)43(31,18-22)37(44)53/h21-33,35-36,47-49,51-52H,9-18H2,1-8H3. The molecule has 6 bridgehead atoms. The van der Waals surface area contributed by atoms with E-state index in [4.69, 9.17) is 14.2 Å². The summed E-state index contributed by atoms with van der Waals surface area (Å²) in [5, 5.41) is 59.5. The monoisotopic (exact) mass is 784 g/mol. The van der Waals surface area contributed by atoms with E-state index in [1.165, 1.54) is 13.8 Å². The van der Waals surface area contributed by atoms with Crippen LogP contribution in [0, 0.1) is 73.9 Å². The lowest BCUT2D eigenvalue weighted by atomic mass is 9.38. The maximum absolute atomic E-state index is 15.4. The summed E-state index contributed by atoms with van der Waals surface area (Å²) in [6.07, 6.45) is -2.94. The van der Waals surface area contributed by atoms with E-state index in [-0.39, 0.29) is 41.8 Å². The first-order valence-corrected chi connectivity index (χ1v) is 21.5. The molecule has 5 N–H and O–H groups in total. The Kier molecular flexibility index (Phi) is 8.37. The Balaban J connectivity index is 1.05.